The molecule has 1 rings (SSSR count). The first-order chi connectivity index (χ1) is 11.6. The fourth-order valence-electron chi connectivity index (χ4n) is 2.15. The molecular formula is C17H28ClFN4O2. The molecule has 0 spiro atoms. The highest BCUT2D eigenvalue weighted by atomic mass is 35.5. The minimum Gasteiger partial charge on any atom is -0.354 e. The Morgan fingerprint density at radius 1 is 1.12 bits per heavy atom. The number of nitrogens with one attached hydrogen (secondary N) is 4. The molecular weight excluding hydrogens is 347 g/mol. The number of urea groups is 1. The average molecular weight is 375 g/mol. The van der Waals surface area contributed by atoms with Crippen LogP contribution in [0.2, 0.25) is 0 Å². The number of carbonyl (C=O) groups excluding carboxylic acids is 2. The van der Waals surface area contributed by atoms with E-state index in [1.807, 2.05) is 14.0 Å². The predicted molar refractivity (Wildman–Crippen MR) is 99.3 cm³/mol. The summed E-state index contributed by atoms with van der Waals surface area (Å²) in [6.45, 7) is 3.62. The lowest BCUT2D eigenvalue weighted by molar-refractivity contribution is -0.123. The van der Waals surface area contributed by atoms with Crippen molar-refractivity contribution in [3.05, 3.63) is 35.6 Å². The van der Waals surface area contributed by atoms with Gasteiger partial charge in [-0.1, -0.05) is 25.5 Å². The van der Waals surface area contributed by atoms with Crippen molar-refractivity contribution in [1.82, 2.24) is 21.3 Å². The van der Waals surface area contributed by atoms with Crippen LogP contribution in [0.3, 0.4) is 0 Å². The number of benzene rings is 1. The molecule has 0 fully saturated rings. The minimum absolute atomic E-state index is 0. The van der Waals surface area contributed by atoms with Crippen LogP contribution in [0.1, 0.15) is 31.7 Å². The Kier molecular flexibility index (Phi) is 12.4. The maximum absolute atomic E-state index is 12.8. The van der Waals surface area contributed by atoms with Gasteiger partial charge in [0.2, 0.25) is 5.91 Å². The lowest BCUT2D eigenvalue weighted by atomic mass is 10.1. The fourth-order valence-corrected chi connectivity index (χ4v) is 2.15. The Bertz CT molecular complexity index is 514. The van der Waals surface area contributed by atoms with Crippen LogP contribution in [0.15, 0.2) is 24.3 Å². The highest BCUT2D eigenvalue weighted by molar-refractivity contribution is 5.87. The zero-order valence-electron chi connectivity index (χ0n) is 14.7. The summed E-state index contributed by atoms with van der Waals surface area (Å²) in [7, 11) is 1.86. The Morgan fingerprint density at radius 3 is 2.40 bits per heavy atom. The van der Waals surface area contributed by atoms with Crippen LogP contribution in [0.4, 0.5) is 9.18 Å². The number of amides is 3. The van der Waals surface area contributed by atoms with E-state index in [0.717, 1.165) is 24.9 Å². The second-order valence-electron chi connectivity index (χ2n) is 5.54. The molecule has 3 amide bonds. The second kappa shape index (κ2) is 13.4. The highest BCUT2D eigenvalue weighted by Gasteiger charge is 2.19. The normalized spacial score (nSPS) is 11.2. The van der Waals surface area contributed by atoms with E-state index in [-0.39, 0.29) is 30.7 Å². The van der Waals surface area contributed by atoms with Crippen molar-refractivity contribution < 1.29 is 14.0 Å². The van der Waals surface area contributed by atoms with Gasteiger partial charge >= 0.3 is 6.03 Å². The Morgan fingerprint density at radius 2 is 1.80 bits per heavy atom. The molecule has 0 saturated carbocycles. The molecule has 0 saturated heterocycles. The van der Waals surface area contributed by atoms with Crippen LogP contribution in [0.25, 0.3) is 0 Å². The van der Waals surface area contributed by atoms with Gasteiger partial charge in [-0.05, 0) is 44.1 Å². The van der Waals surface area contributed by atoms with Crippen molar-refractivity contribution in [2.45, 2.75) is 38.8 Å². The molecule has 1 aromatic rings. The molecule has 0 aliphatic carbocycles. The van der Waals surface area contributed by atoms with E-state index < -0.39 is 12.1 Å². The van der Waals surface area contributed by atoms with Crippen molar-refractivity contribution in [3.8, 4) is 0 Å². The van der Waals surface area contributed by atoms with Gasteiger partial charge < -0.3 is 21.3 Å². The first-order valence-electron chi connectivity index (χ1n) is 8.28. The average Bonchev–Trinajstić information content (AvgIpc) is 2.57. The molecule has 1 aromatic carbocycles. The molecule has 1 unspecified atom stereocenters. The number of carbonyl (C=O) groups is 2. The van der Waals surface area contributed by atoms with Crippen molar-refractivity contribution in [2.24, 2.45) is 0 Å². The molecule has 25 heavy (non-hydrogen) atoms. The van der Waals surface area contributed by atoms with Crippen LogP contribution >= 0.6 is 12.4 Å². The maximum Gasteiger partial charge on any atom is 0.315 e. The molecule has 142 valence electrons. The standard InChI is InChI=1S/C17H27FN4O2.ClH/c1-3-5-15(16(23)20-11-4-10-19-2)22-17(24)21-12-13-6-8-14(18)9-7-13;/h6-9,15,19H,3-5,10-12H2,1-2H3,(H,20,23)(H2,21,22,24);1H. The van der Waals surface area contributed by atoms with Crippen LogP contribution in [-0.2, 0) is 11.3 Å². The first-order valence-corrected chi connectivity index (χ1v) is 8.28. The van der Waals surface area contributed by atoms with E-state index in [1.165, 1.54) is 12.1 Å². The van der Waals surface area contributed by atoms with Crippen molar-refractivity contribution in [3.63, 3.8) is 0 Å². The minimum atomic E-state index is -0.558. The quantitative estimate of drug-likeness (QED) is 0.472. The number of hydrogen-bond donors (Lipinski definition) is 4. The van der Waals surface area contributed by atoms with Gasteiger partial charge in [0.1, 0.15) is 11.9 Å². The monoisotopic (exact) mass is 374 g/mol. The Balaban J connectivity index is 0.00000576. The summed E-state index contributed by atoms with van der Waals surface area (Å²) < 4.78 is 12.8. The third-order valence-corrected chi connectivity index (χ3v) is 3.47. The second-order valence-corrected chi connectivity index (χ2v) is 5.54. The first kappa shape index (κ1) is 23.1. The summed E-state index contributed by atoms with van der Waals surface area (Å²) >= 11 is 0. The number of hydrogen-bond acceptors (Lipinski definition) is 3. The zero-order chi connectivity index (χ0) is 17.8. The zero-order valence-corrected chi connectivity index (χ0v) is 15.5. The topological polar surface area (TPSA) is 82.3 Å². The molecule has 6 nitrogen and oxygen atoms in total. The summed E-state index contributed by atoms with van der Waals surface area (Å²) in [6, 6.07) is 4.92. The smallest absolute Gasteiger partial charge is 0.315 e. The van der Waals surface area contributed by atoms with Crippen molar-refractivity contribution >= 4 is 24.3 Å². The third-order valence-electron chi connectivity index (χ3n) is 3.47. The lowest BCUT2D eigenvalue weighted by Crippen LogP contribution is -2.50. The summed E-state index contributed by atoms with van der Waals surface area (Å²) in [6.07, 6.45) is 2.19. The summed E-state index contributed by atoms with van der Waals surface area (Å²) in [5, 5.41) is 11.2. The molecule has 0 heterocycles. The number of rotatable bonds is 10. The summed E-state index contributed by atoms with van der Waals surface area (Å²) in [4.78, 5) is 24.1. The van der Waals surface area contributed by atoms with Gasteiger partial charge in [0.05, 0.1) is 0 Å². The van der Waals surface area contributed by atoms with Crippen molar-refractivity contribution in [1.29, 1.82) is 0 Å². The van der Waals surface area contributed by atoms with Gasteiger partial charge in [0, 0.05) is 13.1 Å². The van der Waals surface area contributed by atoms with E-state index in [1.54, 1.807) is 12.1 Å². The molecule has 0 aliphatic heterocycles. The van der Waals surface area contributed by atoms with Crippen LogP contribution < -0.4 is 21.3 Å². The van der Waals surface area contributed by atoms with Gasteiger partial charge in [-0.15, -0.1) is 12.4 Å². The van der Waals surface area contributed by atoms with Crippen LogP contribution in [0, 0.1) is 5.82 Å². The van der Waals surface area contributed by atoms with Crippen molar-refractivity contribution in [2.75, 3.05) is 20.1 Å². The fraction of sp³-hybridized carbons (Fsp3) is 0.529. The van der Waals surface area contributed by atoms with E-state index in [0.29, 0.717) is 13.0 Å². The van der Waals surface area contributed by atoms with E-state index in [4.69, 9.17) is 0 Å². The maximum atomic E-state index is 12.8. The molecule has 0 radical (unpaired) electrons. The van der Waals surface area contributed by atoms with E-state index >= 15 is 0 Å². The van der Waals surface area contributed by atoms with Gasteiger partial charge in [-0.25, -0.2) is 9.18 Å². The molecule has 0 bridgehead atoms. The number of halogens is 2. The molecule has 0 aromatic heterocycles. The highest BCUT2D eigenvalue weighted by Crippen LogP contribution is 2.02. The Hall–Kier alpha value is -1.86. The predicted octanol–water partition coefficient (Wildman–Crippen LogP) is 1.94. The Labute approximate surface area is 154 Å². The molecule has 1 atom stereocenters. The molecule has 8 heteroatoms. The van der Waals surface area contributed by atoms with Crippen LogP contribution in [-0.4, -0.2) is 38.1 Å². The SMILES string of the molecule is CCCC(NC(=O)NCc1ccc(F)cc1)C(=O)NCCCNC.Cl. The largest absolute Gasteiger partial charge is 0.354 e. The molecule has 0 aliphatic rings. The third kappa shape index (κ3) is 9.89. The van der Waals surface area contributed by atoms with Gasteiger partial charge in [0.25, 0.3) is 0 Å². The summed E-state index contributed by atoms with van der Waals surface area (Å²) in [5.41, 5.74) is 0.787. The summed E-state index contributed by atoms with van der Waals surface area (Å²) in [5.74, 6) is -0.494. The van der Waals surface area contributed by atoms with Gasteiger partial charge in [-0.2, -0.15) is 0 Å². The van der Waals surface area contributed by atoms with E-state index in [9.17, 15) is 14.0 Å². The lowest BCUT2D eigenvalue weighted by Gasteiger charge is -2.18. The van der Waals surface area contributed by atoms with Gasteiger partial charge in [-0.3, -0.25) is 4.79 Å². The molecule has 4 N–H and O–H groups in total. The van der Waals surface area contributed by atoms with Gasteiger partial charge in [0.15, 0.2) is 0 Å². The van der Waals surface area contributed by atoms with E-state index in [2.05, 4.69) is 21.3 Å². The van der Waals surface area contributed by atoms with Crippen LogP contribution in [0.5, 0.6) is 0 Å².